The van der Waals surface area contributed by atoms with E-state index in [-0.39, 0.29) is 5.97 Å². The standard InChI is InChI=1S/C21H27N3O2S2/c1-4-10-23-11-13-24(14-12-23)21(27)22-19-18(20(25)26-3)17(15(2)28-19)16-8-6-5-7-9-16/h5-9H,4,10-14H2,1-3H3,(H,22,27). The molecular weight excluding hydrogens is 390 g/mol. The Morgan fingerprint density at radius 2 is 1.89 bits per heavy atom. The molecule has 0 saturated carbocycles. The van der Waals surface area contributed by atoms with E-state index in [1.54, 1.807) is 11.3 Å². The zero-order valence-electron chi connectivity index (χ0n) is 16.7. The molecule has 1 fully saturated rings. The molecule has 150 valence electrons. The predicted octanol–water partition coefficient (Wildman–Crippen LogP) is 4.23. The maximum Gasteiger partial charge on any atom is 0.341 e. The molecule has 0 spiro atoms. The fraction of sp³-hybridized carbons (Fsp3) is 0.429. The zero-order chi connectivity index (χ0) is 20.1. The summed E-state index contributed by atoms with van der Waals surface area (Å²) in [6.07, 6.45) is 1.17. The number of rotatable bonds is 5. The third-order valence-electron chi connectivity index (χ3n) is 4.96. The highest BCUT2D eigenvalue weighted by atomic mass is 32.1. The number of nitrogens with zero attached hydrogens (tertiary/aromatic N) is 2. The molecule has 1 aliphatic heterocycles. The van der Waals surface area contributed by atoms with E-state index in [2.05, 4.69) is 22.0 Å². The number of anilines is 1. The Morgan fingerprint density at radius 1 is 1.21 bits per heavy atom. The van der Waals surface area contributed by atoms with Crippen LogP contribution < -0.4 is 5.32 Å². The van der Waals surface area contributed by atoms with Gasteiger partial charge in [0.05, 0.1) is 7.11 Å². The molecule has 0 radical (unpaired) electrons. The number of carbonyl (C=O) groups is 1. The minimum Gasteiger partial charge on any atom is -0.465 e. The van der Waals surface area contributed by atoms with Gasteiger partial charge in [0.2, 0.25) is 0 Å². The maximum absolute atomic E-state index is 12.6. The first kappa shape index (κ1) is 20.8. The second-order valence-electron chi connectivity index (χ2n) is 6.85. The fourth-order valence-corrected chi connectivity index (χ4v) is 4.96. The van der Waals surface area contributed by atoms with Crippen molar-refractivity contribution in [2.75, 3.05) is 45.2 Å². The zero-order valence-corrected chi connectivity index (χ0v) is 18.3. The summed E-state index contributed by atoms with van der Waals surface area (Å²) in [4.78, 5) is 18.3. The highest BCUT2D eigenvalue weighted by Crippen LogP contribution is 2.40. The Labute approximate surface area is 176 Å². The van der Waals surface area contributed by atoms with Crippen molar-refractivity contribution in [2.45, 2.75) is 20.3 Å². The van der Waals surface area contributed by atoms with Crippen molar-refractivity contribution in [1.82, 2.24) is 9.80 Å². The molecule has 0 bridgehead atoms. The van der Waals surface area contributed by atoms with Gasteiger partial charge in [-0.2, -0.15) is 0 Å². The second-order valence-corrected chi connectivity index (χ2v) is 8.47. The topological polar surface area (TPSA) is 44.8 Å². The average molecular weight is 418 g/mol. The predicted molar refractivity (Wildman–Crippen MR) is 120 cm³/mol. The van der Waals surface area contributed by atoms with E-state index in [1.807, 2.05) is 37.3 Å². The van der Waals surface area contributed by atoms with Crippen LogP contribution in [0.15, 0.2) is 30.3 Å². The number of piperazine rings is 1. The van der Waals surface area contributed by atoms with E-state index in [9.17, 15) is 4.79 Å². The summed E-state index contributed by atoms with van der Waals surface area (Å²) >= 11 is 7.21. The van der Waals surface area contributed by atoms with Crippen molar-refractivity contribution in [3.63, 3.8) is 0 Å². The lowest BCUT2D eigenvalue weighted by Crippen LogP contribution is -2.50. The first-order valence-corrected chi connectivity index (χ1v) is 10.8. The molecule has 0 aliphatic carbocycles. The van der Waals surface area contributed by atoms with Crippen molar-refractivity contribution in [1.29, 1.82) is 0 Å². The summed E-state index contributed by atoms with van der Waals surface area (Å²) < 4.78 is 5.08. The monoisotopic (exact) mass is 417 g/mol. The SMILES string of the molecule is CCCN1CCN(C(=S)Nc2sc(C)c(-c3ccccc3)c2C(=O)OC)CC1. The minimum atomic E-state index is -0.346. The van der Waals surface area contributed by atoms with Crippen LogP contribution in [-0.2, 0) is 4.74 Å². The van der Waals surface area contributed by atoms with Crippen LogP contribution in [0, 0.1) is 6.92 Å². The first-order chi connectivity index (χ1) is 13.5. The van der Waals surface area contributed by atoms with E-state index < -0.39 is 0 Å². The number of esters is 1. The fourth-order valence-electron chi connectivity index (χ4n) is 3.55. The summed E-state index contributed by atoms with van der Waals surface area (Å²) in [5, 5.41) is 4.75. The van der Waals surface area contributed by atoms with Crippen LogP contribution in [0.4, 0.5) is 5.00 Å². The Morgan fingerprint density at radius 3 is 2.50 bits per heavy atom. The first-order valence-electron chi connectivity index (χ1n) is 9.60. The molecule has 2 aromatic rings. The van der Waals surface area contributed by atoms with Gasteiger partial charge in [-0.05, 0) is 37.7 Å². The number of thiophene rings is 1. The normalized spacial score (nSPS) is 14.8. The summed E-state index contributed by atoms with van der Waals surface area (Å²) in [6.45, 7) is 9.18. The third-order valence-corrected chi connectivity index (χ3v) is 6.34. The van der Waals surface area contributed by atoms with E-state index in [4.69, 9.17) is 17.0 Å². The highest BCUT2D eigenvalue weighted by Gasteiger charge is 2.26. The molecule has 3 rings (SSSR count). The molecule has 0 unspecified atom stereocenters. The molecule has 7 heteroatoms. The van der Waals surface area contributed by atoms with Gasteiger partial charge in [0.1, 0.15) is 10.6 Å². The van der Waals surface area contributed by atoms with E-state index in [1.165, 1.54) is 13.5 Å². The summed E-state index contributed by atoms with van der Waals surface area (Å²) in [5.41, 5.74) is 2.47. The van der Waals surface area contributed by atoms with Crippen molar-refractivity contribution in [3.05, 3.63) is 40.8 Å². The number of methoxy groups -OCH3 is 1. The molecule has 0 atom stereocenters. The number of nitrogens with one attached hydrogen (secondary N) is 1. The lowest BCUT2D eigenvalue weighted by atomic mass is 10.0. The number of aryl methyl sites for hydroxylation is 1. The van der Waals surface area contributed by atoms with Gasteiger partial charge in [-0.3, -0.25) is 4.90 Å². The number of ether oxygens (including phenoxy) is 1. The lowest BCUT2D eigenvalue weighted by molar-refractivity contribution is 0.0603. The molecule has 1 aliphatic rings. The van der Waals surface area contributed by atoms with Crippen molar-refractivity contribution in [3.8, 4) is 11.1 Å². The Kier molecular flexibility index (Phi) is 7.04. The Bertz CT molecular complexity index is 828. The van der Waals surface area contributed by atoms with Gasteiger partial charge in [-0.25, -0.2) is 4.79 Å². The minimum absolute atomic E-state index is 0.346. The van der Waals surface area contributed by atoms with Gasteiger partial charge in [-0.15, -0.1) is 11.3 Å². The average Bonchev–Trinajstić information content (AvgIpc) is 3.04. The van der Waals surface area contributed by atoms with E-state index >= 15 is 0 Å². The largest absolute Gasteiger partial charge is 0.465 e. The summed E-state index contributed by atoms with van der Waals surface area (Å²) in [6, 6.07) is 9.94. The third kappa shape index (κ3) is 4.54. The number of benzene rings is 1. The summed E-state index contributed by atoms with van der Waals surface area (Å²) in [5.74, 6) is -0.346. The van der Waals surface area contributed by atoms with Crippen LogP contribution in [0.5, 0.6) is 0 Å². The number of thiocarbonyl (C=S) groups is 1. The Hall–Kier alpha value is -1.96. The quantitative estimate of drug-likeness (QED) is 0.580. The van der Waals surface area contributed by atoms with E-state index in [0.717, 1.165) is 53.7 Å². The van der Waals surface area contributed by atoms with Gasteiger partial charge in [0, 0.05) is 36.6 Å². The van der Waals surface area contributed by atoms with Gasteiger partial charge in [-0.1, -0.05) is 37.3 Å². The van der Waals surface area contributed by atoms with E-state index in [0.29, 0.717) is 10.7 Å². The number of carbonyl (C=O) groups excluding carboxylic acids is 1. The van der Waals surface area contributed by atoms with Crippen LogP contribution in [0.1, 0.15) is 28.6 Å². The molecule has 1 saturated heterocycles. The van der Waals surface area contributed by atoms with Crippen molar-refractivity contribution in [2.24, 2.45) is 0 Å². The van der Waals surface area contributed by atoms with Gasteiger partial charge in [0.25, 0.3) is 0 Å². The molecular formula is C21H27N3O2S2. The van der Waals surface area contributed by atoms with Gasteiger partial charge >= 0.3 is 5.97 Å². The number of hydrogen-bond acceptors (Lipinski definition) is 5. The molecule has 1 N–H and O–H groups in total. The molecule has 1 aromatic heterocycles. The lowest BCUT2D eigenvalue weighted by Gasteiger charge is -2.36. The van der Waals surface area contributed by atoms with Crippen LogP contribution >= 0.6 is 23.6 Å². The maximum atomic E-state index is 12.6. The van der Waals surface area contributed by atoms with Crippen molar-refractivity contribution >= 4 is 39.6 Å². The van der Waals surface area contributed by atoms with Crippen LogP contribution in [0.25, 0.3) is 11.1 Å². The second kappa shape index (κ2) is 9.49. The molecule has 5 nitrogen and oxygen atoms in total. The van der Waals surface area contributed by atoms with Crippen LogP contribution in [-0.4, -0.2) is 60.7 Å². The molecule has 2 heterocycles. The molecule has 0 amide bonds. The van der Waals surface area contributed by atoms with Crippen LogP contribution in [0.2, 0.25) is 0 Å². The van der Waals surface area contributed by atoms with Gasteiger partial charge < -0.3 is 15.0 Å². The molecule has 1 aromatic carbocycles. The smallest absolute Gasteiger partial charge is 0.341 e. The van der Waals surface area contributed by atoms with Crippen molar-refractivity contribution < 1.29 is 9.53 Å². The van der Waals surface area contributed by atoms with Gasteiger partial charge in [0.15, 0.2) is 5.11 Å². The summed E-state index contributed by atoms with van der Waals surface area (Å²) in [7, 11) is 1.42. The Balaban J connectivity index is 1.82. The highest BCUT2D eigenvalue weighted by molar-refractivity contribution is 7.80. The molecule has 28 heavy (non-hydrogen) atoms. The number of hydrogen-bond donors (Lipinski definition) is 1. The van der Waals surface area contributed by atoms with Crippen LogP contribution in [0.3, 0.4) is 0 Å².